The molecule has 1 aromatic rings. The highest BCUT2D eigenvalue weighted by atomic mass is 16.5. The summed E-state index contributed by atoms with van der Waals surface area (Å²) in [5, 5.41) is 2.72. The minimum absolute atomic E-state index is 0.284. The van der Waals surface area contributed by atoms with Crippen LogP contribution in [-0.4, -0.2) is 25.0 Å². The van der Waals surface area contributed by atoms with Crippen molar-refractivity contribution in [2.24, 2.45) is 5.73 Å². The molecule has 1 amide bonds. The van der Waals surface area contributed by atoms with Gasteiger partial charge < -0.3 is 15.8 Å². The predicted molar refractivity (Wildman–Crippen MR) is 73.9 cm³/mol. The molecule has 1 unspecified atom stereocenters. The number of benzene rings is 1. The van der Waals surface area contributed by atoms with Crippen molar-refractivity contribution < 1.29 is 14.3 Å². The minimum Gasteiger partial charge on any atom is -0.465 e. The van der Waals surface area contributed by atoms with Gasteiger partial charge in [0.05, 0.1) is 18.7 Å². The molecule has 0 aliphatic rings. The van der Waals surface area contributed by atoms with Crippen LogP contribution >= 0.6 is 0 Å². The summed E-state index contributed by atoms with van der Waals surface area (Å²) in [5.41, 5.74) is 7.49. The van der Waals surface area contributed by atoms with Crippen LogP contribution in [0.4, 0.5) is 5.69 Å². The number of hydrogen-bond donors (Lipinski definition) is 2. The summed E-state index contributed by atoms with van der Waals surface area (Å²) in [7, 11) is 1.32. The number of carbonyl (C=O) groups excluding carboxylic acids is 2. The Morgan fingerprint density at radius 1 is 1.53 bits per heavy atom. The highest BCUT2D eigenvalue weighted by Crippen LogP contribution is 2.17. The fourth-order valence-electron chi connectivity index (χ4n) is 1.56. The summed E-state index contributed by atoms with van der Waals surface area (Å²) in [6, 6.07) is 4.27. The molecule has 1 atom stereocenters. The molecule has 0 aliphatic carbocycles. The molecule has 102 valence electrons. The average Bonchev–Trinajstić information content (AvgIpc) is 2.40. The van der Waals surface area contributed by atoms with Gasteiger partial charge in [-0.2, -0.15) is 0 Å². The van der Waals surface area contributed by atoms with E-state index in [9.17, 15) is 9.59 Å². The lowest BCUT2D eigenvalue weighted by atomic mass is 10.1. The van der Waals surface area contributed by atoms with E-state index in [0.29, 0.717) is 17.7 Å². The smallest absolute Gasteiger partial charge is 0.337 e. The van der Waals surface area contributed by atoms with E-state index >= 15 is 0 Å². The van der Waals surface area contributed by atoms with Gasteiger partial charge >= 0.3 is 5.97 Å². The number of anilines is 1. The molecule has 5 heteroatoms. The van der Waals surface area contributed by atoms with Gasteiger partial charge in [0.25, 0.3) is 0 Å². The van der Waals surface area contributed by atoms with Crippen LogP contribution in [0.1, 0.15) is 22.3 Å². The van der Waals surface area contributed by atoms with Crippen molar-refractivity contribution in [1.29, 1.82) is 0 Å². The minimum atomic E-state index is -0.628. The molecule has 0 radical (unpaired) electrons. The van der Waals surface area contributed by atoms with Crippen LogP contribution in [0.5, 0.6) is 0 Å². The van der Waals surface area contributed by atoms with E-state index in [1.165, 1.54) is 7.11 Å². The Morgan fingerprint density at radius 2 is 2.21 bits per heavy atom. The number of nitrogens with two attached hydrogens (primary N) is 1. The van der Waals surface area contributed by atoms with Crippen molar-refractivity contribution in [2.45, 2.75) is 19.4 Å². The van der Waals surface area contributed by atoms with Gasteiger partial charge in [-0.3, -0.25) is 4.79 Å². The van der Waals surface area contributed by atoms with Crippen LogP contribution in [0, 0.1) is 6.92 Å². The van der Waals surface area contributed by atoms with Crippen molar-refractivity contribution in [2.75, 3.05) is 12.4 Å². The first-order valence-corrected chi connectivity index (χ1v) is 5.86. The third kappa shape index (κ3) is 3.93. The maximum absolute atomic E-state index is 11.8. The number of rotatable bonds is 5. The third-order valence-electron chi connectivity index (χ3n) is 2.66. The summed E-state index contributed by atoms with van der Waals surface area (Å²) in [6.07, 6.45) is 2.00. The zero-order valence-corrected chi connectivity index (χ0v) is 11.1. The molecule has 0 spiro atoms. The largest absolute Gasteiger partial charge is 0.465 e. The number of methoxy groups -OCH3 is 1. The highest BCUT2D eigenvalue weighted by molar-refractivity contribution is 5.96. The number of aryl methyl sites for hydroxylation is 1. The van der Waals surface area contributed by atoms with Crippen LogP contribution in [0.25, 0.3) is 0 Å². The van der Waals surface area contributed by atoms with Crippen LogP contribution in [-0.2, 0) is 9.53 Å². The first-order valence-electron chi connectivity index (χ1n) is 5.86. The standard InChI is InChI=1S/C14H18N2O3/c1-4-5-11(15)13(17)16-12-7-6-10(8-9(12)2)14(18)19-3/h4,6-8,11H,1,5,15H2,2-3H3,(H,16,17). The molecule has 0 saturated heterocycles. The van der Waals surface area contributed by atoms with Gasteiger partial charge in [-0.05, 0) is 37.1 Å². The lowest BCUT2D eigenvalue weighted by molar-refractivity contribution is -0.117. The summed E-state index contributed by atoms with van der Waals surface area (Å²) < 4.78 is 4.63. The van der Waals surface area contributed by atoms with Crippen LogP contribution in [0.3, 0.4) is 0 Å². The molecule has 19 heavy (non-hydrogen) atoms. The number of esters is 1. The zero-order chi connectivity index (χ0) is 14.4. The molecule has 0 heterocycles. The van der Waals surface area contributed by atoms with Crippen molar-refractivity contribution in [1.82, 2.24) is 0 Å². The van der Waals surface area contributed by atoms with Crippen molar-refractivity contribution >= 4 is 17.6 Å². The number of carbonyl (C=O) groups is 2. The number of amides is 1. The zero-order valence-electron chi connectivity index (χ0n) is 11.1. The van der Waals surface area contributed by atoms with Gasteiger partial charge in [0, 0.05) is 5.69 Å². The van der Waals surface area contributed by atoms with E-state index in [1.807, 2.05) is 0 Å². The van der Waals surface area contributed by atoms with E-state index < -0.39 is 12.0 Å². The second-order valence-electron chi connectivity index (χ2n) is 4.14. The molecular formula is C14H18N2O3. The highest BCUT2D eigenvalue weighted by Gasteiger charge is 2.14. The van der Waals surface area contributed by atoms with Crippen LogP contribution < -0.4 is 11.1 Å². The monoisotopic (exact) mass is 262 g/mol. The fraction of sp³-hybridized carbons (Fsp3) is 0.286. The normalized spacial score (nSPS) is 11.5. The van der Waals surface area contributed by atoms with Crippen molar-refractivity contribution in [3.05, 3.63) is 42.0 Å². The van der Waals surface area contributed by atoms with Gasteiger partial charge in [0.1, 0.15) is 0 Å². The Morgan fingerprint density at radius 3 is 2.74 bits per heavy atom. The second-order valence-corrected chi connectivity index (χ2v) is 4.14. The molecule has 0 aliphatic heterocycles. The van der Waals surface area contributed by atoms with Gasteiger partial charge in [-0.15, -0.1) is 6.58 Å². The third-order valence-corrected chi connectivity index (χ3v) is 2.66. The lowest BCUT2D eigenvalue weighted by Crippen LogP contribution is -2.35. The number of nitrogens with one attached hydrogen (secondary N) is 1. The summed E-state index contributed by atoms with van der Waals surface area (Å²) in [5.74, 6) is -0.696. The number of ether oxygens (including phenoxy) is 1. The molecule has 1 rings (SSSR count). The van der Waals surface area contributed by atoms with Gasteiger partial charge in [0.2, 0.25) is 5.91 Å². The van der Waals surface area contributed by atoms with Crippen LogP contribution in [0.2, 0.25) is 0 Å². The van der Waals surface area contributed by atoms with E-state index in [-0.39, 0.29) is 5.91 Å². The van der Waals surface area contributed by atoms with Gasteiger partial charge in [-0.1, -0.05) is 6.08 Å². The second kappa shape index (κ2) is 6.70. The van der Waals surface area contributed by atoms with Crippen LogP contribution in [0.15, 0.2) is 30.9 Å². The molecule has 0 saturated carbocycles. The SMILES string of the molecule is C=CCC(N)C(=O)Nc1ccc(C(=O)OC)cc1C. The quantitative estimate of drug-likeness (QED) is 0.624. The first-order chi connectivity index (χ1) is 8.99. The Hall–Kier alpha value is -2.14. The average molecular weight is 262 g/mol. The molecule has 5 nitrogen and oxygen atoms in total. The molecule has 0 aromatic heterocycles. The Bertz CT molecular complexity index is 497. The summed E-state index contributed by atoms with van der Waals surface area (Å²) in [4.78, 5) is 23.1. The predicted octanol–water partition coefficient (Wildman–Crippen LogP) is 1.62. The number of hydrogen-bond acceptors (Lipinski definition) is 4. The Balaban J connectivity index is 2.83. The molecular weight excluding hydrogens is 244 g/mol. The fourth-order valence-corrected chi connectivity index (χ4v) is 1.56. The maximum Gasteiger partial charge on any atom is 0.337 e. The van der Waals surface area contributed by atoms with Crippen molar-refractivity contribution in [3.63, 3.8) is 0 Å². The molecule has 1 aromatic carbocycles. The summed E-state index contributed by atoms with van der Waals surface area (Å²) >= 11 is 0. The van der Waals surface area contributed by atoms with Gasteiger partial charge in [-0.25, -0.2) is 4.79 Å². The molecule has 3 N–H and O–H groups in total. The Labute approximate surface area is 112 Å². The van der Waals surface area contributed by atoms with E-state index in [1.54, 1.807) is 31.2 Å². The lowest BCUT2D eigenvalue weighted by Gasteiger charge is -2.13. The van der Waals surface area contributed by atoms with Gasteiger partial charge in [0.15, 0.2) is 0 Å². The molecule has 0 bridgehead atoms. The summed E-state index contributed by atoms with van der Waals surface area (Å²) in [6.45, 7) is 5.33. The topological polar surface area (TPSA) is 81.4 Å². The molecule has 0 fully saturated rings. The Kier molecular flexibility index (Phi) is 5.26. The van der Waals surface area contributed by atoms with E-state index in [4.69, 9.17) is 5.73 Å². The first kappa shape index (κ1) is 14.9. The van der Waals surface area contributed by atoms with E-state index in [2.05, 4.69) is 16.6 Å². The van der Waals surface area contributed by atoms with E-state index in [0.717, 1.165) is 5.56 Å². The van der Waals surface area contributed by atoms with Crippen molar-refractivity contribution in [3.8, 4) is 0 Å². The maximum atomic E-state index is 11.8.